The highest BCUT2D eigenvalue weighted by molar-refractivity contribution is 5.00. The van der Waals surface area contributed by atoms with E-state index in [0.717, 1.165) is 32.1 Å². The van der Waals surface area contributed by atoms with Crippen molar-refractivity contribution in [1.29, 1.82) is 0 Å². The van der Waals surface area contributed by atoms with E-state index in [2.05, 4.69) is 49.8 Å². The normalized spacial score (nSPS) is 42.9. The first kappa shape index (κ1) is 21.4. The Bertz CT molecular complexity index is 488. The summed E-state index contributed by atoms with van der Waals surface area (Å²) in [4.78, 5) is 2.40. The summed E-state index contributed by atoms with van der Waals surface area (Å²) in [6.07, 6.45) is 5.89. The fraction of sp³-hybridized carbons (Fsp3) is 1.00. The van der Waals surface area contributed by atoms with Crippen LogP contribution in [0.15, 0.2) is 0 Å². The SMILES string of the molecule is COC1CCCC(OC)C1N1C(N)N(C)N(C)C1C1CCC(C(C)(C)C)O1. The Balaban J connectivity index is 1.89. The quantitative estimate of drug-likeness (QED) is 0.793. The molecule has 6 unspecified atom stereocenters. The van der Waals surface area contributed by atoms with Gasteiger partial charge in [-0.15, -0.1) is 0 Å². The molecule has 6 atom stereocenters. The minimum absolute atomic E-state index is 0.0933. The van der Waals surface area contributed by atoms with Gasteiger partial charge in [0.1, 0.15) is 12.5 Å². The Hall–Kier alpha value is -0.280. The molecule has 0 bridgehead atoms. The smallest absolute Gasteiger partial charge is 0.129 e. The highest BCUT2D eigenvalue weighted by Gasteiger charge is 2.54. The summed E-state index contributed by atoms with van der Waals surface area (Å²) in [5, 5.41) is 4.36. The summed E-state index contributed by atoms with van der Waals surface area (Å²) in [6, 6.07) is 0.124. The Labute approximate surface area is 165 Å². The van der Waals surface area contributed by atoms with Gasteiger partial charge in [0.25, 0.3) is 0 Å². The highest BCUT2D eigenvalue weighted by Crippen LogP contribution is 2.40. The molecule has 0 aromatic carbocycles. The maximum atomic E-state index is 6.70. The molecule has 2 N–H and O–H groups in total. The monoisotopic (exact) mass is 384 g/mol. The Morgan fingerprint density at radius 2 is 1.52 bits per heavy atom. The lowest BCUT2D eigenvalue weighted by Gasteiger charge is -2.46. The van der Waals surface area contributed by atoms with Gasteiger partial charge in [-0.2, -0.15) is 0 Å². The lowest BCUT2D eigenvalue weighted by Crippen LogP contribution is -2.63. The summed E-state index contributed by atoms with van der Waals surface area (Å²) in [7, 11) is 7.79. The molecule has 3 fully saturated rings. The van der Waals surface area contributed by atoms with E-state index >= 15 is 0 Å². The lowest BCUT2D eigenvalue weighted by molar-refractivity contribution is -0.136. The maximum Gasteiger partial charge on any atom is 0.129 e. The standard InChI is InChI=1S/C20H40N4O3/c1-20(2,3)16-12-11-15(27-16)18-22(4)23(5)19(21)24(18)17-13(25-6)9-8-10-14(17)26-7/h13-19H,8-12,21H2,1-7H3. The number of hydrazine groups is 1. The molecule has 27 heavy (non-hydrogen) atoms. The minimum atomic E-state index is -0.212. The van der Waals surface area contributed by atoms with Crippen LogP contribution < -0.4 is 5.73 Å². The summed E-state index contributed by atoms with van der Waals surface area (Å²) in [5.74, 6) is 0. The number of hydrogen-bond donors (Lipinski definition) is 1. The van der Waals surface area contributed by atoms with Gasteiger partial charge in [-0.25, -0.2) is 14.9 Å². The number of likely N-dealkylation sites (N-methyl/N-ethyl adjacent to an activating group) is 1. The van der Waals surface area contributed by atoms with Crippen LogP contribution in [-0.2, 0) is 14.2 Å². The number of ether oxygens (including phenoxy) is 3. The lowest BCUT2D eigenvalue weighted by atomic mass is 9.87. The topological polar surface area (TPSA) is 63.4 Å². The summed E-state index contributed by atoms with van der Waals surface area (Å²) in [5.41, 5.74) is 6.85. The van der Waals surface area contributed by atoms with Crippen molar-refractivity contribution >= 4 is 0 Å². The zero-order valence-electron chi connectivity index (χ0n) is 18.2. The molecule has 3 aliphatic rings. The van der Waals surface area contributed by atoms with Crippen LogP contribution in [0.5, 0.6) is 0 Å². The van der Waals surface area contributed by atoms with E-state index in [4.69, 9.17) is 19.9 Å². The third-order valence-electron chi connectivity index (χ3n) is 6.91. The van der Waals surface area contributed by atoms with Crippen molar-refractivity contribution < 1.29 is 14.2 Å². The van der Waals surface area contributed by atoms with Crippen molar-refractivity contribution in [3.05, 3.63) is 0 Å². The van der Waals surface area contributed by atoms with Crippen molar-refractivity contribution in [3.63, 3.8) is 0 Å². The molecule has 2 heterocycles. The largest absolute Gasteiger partial charge is 0.380 e. The molecule has 1 saturated carbocycles. The third kappa shape index (κ3) is 3.92. The molecule has 7 nitrogen and oxygen atoms in total. The van der Waals surface area contributed by atoms with Crippen LogP contribution in [-0.4, -0.2) is 86.1 Å². The van der Waals surface area contributed by atoms with E-state index < -0.39 is 0 Å². The van der Waals surface area contributed by atoms with Gasteiger partial charge in [0.2, 0.25) is 0 Å². The van der Waals surface area contributed by atoms with E-state index in [9.17, 15) is 0 Å². The van der Waals surface area contributed by atoms with E-state index in [0.29, 0.717) is 0 Å². The van der Waals surface area contributed by atoms with Crippen LogP contribution >= 0.6 is 0 Å². The van der Waals surface area contributed by atoms with E-state index in [1.54, 1.807) is 14.2 Å². The minimum Gasteiger partial charge on any atom is -0.380 e. The van der Waals surface area contributed by atoms with Gasteiger partial charge in [-0.1, -0.05) is 20.8 Å². The van der Waals surface area contributed by atoms with Crippen molar-refractivity contribution in [2.75, 3.05) is 28.3 Å². The molecule has 2 saturated heterocycles. The Morgan fingerprint density at radius 3 is 2.00 bits per heavy atom. The van der Waals surface area contributed by atoms with Crippen LogP contribution in [0.2, 0.25) is 0 Å². The molecule has 1 aliphatic carbocycles. The van der Waals surface area contributed by atoms with Crippen LogP contribution in [0.1, 0.15) is 52.9 Å². The van der Waals surface area contributed by atoms with Crippen LogP contribution in [0.4, 0.5) is 0 Å². The average molecular weight is 385 g/mol. The summed E-state index contributed by atoms with van der Waals surface area (Å²) < 4.78 is 18.4. The summed E-state index contributed by atoms with van der Waals surface area (Å²) >= 11 is 0. The van der Waals surface area contributed by atoms with Gasteiger partial charge in [0.05, 0.1) is 30.5 Å². The highest BCUT2D eigenvalue weighted by atomic mass is 16.5. The van der Waals surface area contributed by atoms with Gasteiger partial charge in [-0.3, -0.25) is 0 Å². The van der Waals surface area contributed by atoms with Crippen molar-refractivity contribution in [1.82, 2.24) is 14.9 Å². The number of rotatable bonds is 4. The van der Waals surface area contributed by atoms with E-state index in [1.165, 1.54) is 0 Å². The molecule has 3 rings (SSSR count). The third-order valence-corrected chi connectivity index (χ3v) is 6.91. The first-order chi connectivity index (χ1) is 12.7. The first-order valence-corrected chi connectivity index (χ1v) is 10.4. The molecule has 158 valence electrons. The molecular weight excluding hydrogens is 344 g/mol. The van der Waals surface area contributed by atoms with Crippen LogP contribution in [0.3, 0.4) is 0 Å². The molecule has 2 aliphatic heterocycles. The van der Waals surface area contributed by atoms with E-state index in [-0.39, 0.29) is 48.3 Å². The van der Waals surface area contributed by atoms with Gasteiger partial charge in [0.15, 0.2) is 0 Å². The molecule has 0 spiro atoms. The maximum absolute atomic E-state index is 6.70. The van der Waals surface area contributed by atoms with E-state index in [1.807, 2.05) is 0 Å². The number of methoxy groups -OCH3 is 2. The molecule has 0 amide bonds. The molecule has 0 aromatic rings. The molecule has 7 heteroatoms. The second-order valence-electron chi connectivity index (χ2n) is 9.50. The van der Waals surface area contributed by atoms with Gasteiger partial charge in [0, 0.05) is 28.3 Å². The van der Waals surface area contributed by atoms with Crippen molar-refractivity contribution in [3.8, 4) is 0 Å². The molecule has 0 aromatic heterocycles. The number of hydrogen-bond acceptors (Lipinski definition) is 7. The predicted octanol–water partition coefficient (Wildman–Crippen LogP) is 1.83. The first-order valence-electron chi connectivity index (χ1n) is 10.4. The second-order valence-corrected chi connectivity index (χ2v) is 9.50. The fourth-order valence-electron chi connectivity index (χ4n) is 5.22. The summed E-state index contributed by atoms with van der Waals surface area (Å²) in [6.45, 7) is 6.78. The second kappa shape index (κ2) is 8.22. The van der Waals surface area contributed by atoms with Crippen molar-refractivity contribution in [2.24, 2.45) is 11.1 Å². The Morgan fingerprint density at radius 1 is 0.926 bits per heavy atom. The van der Waals surface area contributed by atoms with Gasteiger partial charge >= 0.3 is 0 Å². The van der Waals surface area contributed by atoms with Crippen LogP contribution in [0, 0.1) is 5.41 Å². The number of nitrogens with two attached hydrogens (primary N) is 1. The average Bonchev–Trinajstić information content (AvgIpc) is 3.20. The fourth-order valence-corrected chi connectivity index (χ4v) is 5.22. The molecule has 0 radical (unpaired) electrons. The molecular formula is C20H40N4O3. The number of nitrogens with zero attached hydrogens (tertiary/aromatic N) is 3. The zero-order valence-corrected chi connectivity index (χ0v) is 18.2. The van der Waals surface area contributed by atoms with Crippen LogP contribution in [0.25, 0.3) is 0 Å². The van der Waals surface area contributed by atoms with Gasteiger partial charge < -0.3 is 19.9 Å². The zero-order chi connectivity index (χ0) is 19.9. The predicted molar refractivity (Wildman–Crippen MR) is 106 cm³/mol. The Kier molecular flexibility index (Phi) is 6.53. The van der Waals surface area contributed by atoms with Crippen molar-refractivity contribution in [2.45, 2.75) is 95.8 Å². The van der Waals surface area contributed by atoms with Gasteiger partial charge in [-0.05, 0) is 37.5 Å².